The first-order valence-electron chi connectivity index (χ1n) is 9.60. The van der Waals surface area contributed by atoms with Crippen molar-refractivity contribution in [3.05, 3.63) is 89.7 Å². The zero-order chi connectivity index (χ0) is 22.4. The molecule has 0 atom stereocenters. The molecule has 0 aromatic heterocycles. The Hall–Kier alpha value is -3.52. The van der Waals surface area contributed by atoms with Gasteiger partial charge in [0.2, 0.25) is 0 Å². The first-order valence-corrected chi connectivity index (χ1v) is 11.3. The average molecular weight is 440 g/mol. The Morgan fingerprint density at radius 3 is 2.19 bits per heavy atom. The molecular formula is C23H21FN2O4S. The lowest BCUT2D eigenvalue weighted by Crippen LogP contribution is -2.18. The highest BCUT2D eigenvalue weighted by atomic mass is 32.2. The molecule has 0 saturated carbocycles. The lowest BCUT2D eigenvalue weighted by Gasteiger charge is -2.11. The van der Waals surface area contributed by atoms with Crippen LogP contribution in [0.15, 0.2) is 77.7 Å². The number of halogens is 1. The second-order valence-corrected chi connectivity index (χ2v) is 8.89. The fourth-order valence-corrected chi connectivity index (χ4v) is 4.55. The number of carbonyl (C=O) groups excluding carboxylic acids is 2. The molecule has 160 valence electrons. The number of nitrogens with one attached hydrogen (secondary N) is 2. The van der Waals surface area contributed by atoms with Crippen LogP contribution in [0.25, 0.3) is 0 Å². The maximum Gasteiger partial charge on any atom is 0.256 e. The number of hydrogen-bond donors (Lipinski definition) is 2. The molecule has 0 fully saturated rings. The van der Waals surface area contributed by atoms with E-state index in [0.29, 0.717) is 17.8 Å². The summed E-state index contributed by atoms with van der Waals surface area (Å²) in [6, 6.07) is 17.7. The van der Waals surface area contributed by atoms with Crippen molar-refractivity contribution in [3.63, 3.8) is 0 Å². The second-order valence-electron chi connectivity index (χ2n) is 6.81. The van der Waals surface area contributed by atoms with Crippen LogP contribution in [0.3, 0.4) is 0 Å². The lowest BCUT2D eigenvalue weighted by atomic mass is 10.1. The van der Waals surface area contributed by atoms with Crippen molar-refractivity contribution in [1.29, 1.82) is 0 Å². The fraction of sp³-hybridized carbons (Fsp3) is 0.130. The smallest absolute Gasteiger partial charge is 0.256 e. The molecule has 0 bridgehead atoms. The summed E-state index contributed by atoms with van der Waals surface area (Å²) in [5.74, 6) is -1.62. The summed E-state index contributed by atoms with van der Waals surface area (Å²) < 4.78 is 38.3. The van der Waals surface area contributed by atoms with Gasteiger partial charge in [-0.1, -0.05) is 31.2 Å². The van der Waals surface area contributed by atoms with Crippen molar-refractivity contribution in [3.8, 4) is 0 Å². The van der Waals surface area contributed by atoms with E-state index < -0.39 is 27.5 Å². The highest BCUT2D eigenvalue weighted by Crippen LogP contribution is 2.20. The third kappa shape index (κ3) is 5.55. The molecule has 6 nitrogen and oxygen atoms in total. The van der Waals surface area contributed by atoms with E-state index in [9.17, 15) is 22.4 Å². The van der Waals surface area contributed by atoms with Crippen LogP contribution in [-0.2, 0) is 9.84 Å². The molecule has 0 aliphatic heterocycles. The minimum atomic E-state index is -3.59. The summed E-state index contributed by atoms with van der Waals surface area (Å²) >= 11 is 0. The van der Waals surface area contributed by atoms with Crippen LogP contribution < -0.4 is 10.6 Å². The van der Waals surface area contributed by atoms with Crippen LogP contribution >= 0.6 is 0 Å². The largest absolute Gasteiger partial charge is 0.322 e. The third-order valence-corrected chi connectivity index (χ3v) is 6.38. The predicted octanol–water partition coefficient (Wildman–Crippen LogP) is 4.51. The van der Waals surface area contributed by atoms with Crippen molar-refractivity contribution in [2.45, 2.75) is 18.2 Å². The minimum absolute atomic E-state index is 0.0329. The molecule has 2 amide bonds. The number of amides is 2. The van der Waals surface area contributed by atoms with Gasteiger partial charge in [-0.15, -0.1) is 0 Å². The molecule has 3 aromatic rings. The molecule has 31 heavy (non-hydrogen) atoms. The van der Waals surface area contributed by atoms with Gasteiger partial charge in [0.15, 0.2) is 9.84 Å². The monoisotopic (exact) mass is 440 g/mol. The van der Waals surface area contributed by atoms with E-state index in [-0.39, 0.29) is 21.8 Å². The molecule has 0 spiro atoms. The van der Waals surface area contributed by atoms with Gasteiger partial charge >= 0.3 is 0 Å². The molecule has 0 unspecified atom stereocenters. The Balaban J connectivity index is 1.80. The van der Waals surface area contributed by atoms with Gasteiger partial charge < -0.3 is 10.6 Å². The Kier molecular flexibility index (Phi) is 6.81. The van der Waals surface area contributed by atoms with E-state index in [2.05, 4.69) is 10.6 Å². The number of rotatable bonds is 7. The Labute approximate surface area is 180 Å². The molecule has 3 rings (SSSR count). The van der Waals surface area contributed by atoms with Crippen LogP contribution in [0.5, 0.6) is 0 Å². The summed E-state index contributed by atoms with van der Waals surface area (Å²) in [6.45, 7) is 1.75. The molecule has 2 N–H and O–H groups in total. The minimum Gasteiger partial charge on any atom is -0.322 e. The highest BCUT2D eigenvalue weighted by Gasteiger charge is 2.21. The van der Waals surface area contributed by atoms with Crippen LogP contribution in [0.2, 0.25) is 0 Å². The highest BCUT2D eigenvalue weighted by molar-refractivity contribution is 7.91. The van der Waals surface area contributed by atoms with E-state index in [0.717, 1.165) is 0 Å². The molecule has 0 aliphatic carbocycles. The van der Waals surface area contributed by atoms with Gasteiger partial charge in [-0.2, -0.15) is 0 Å². The van der Waals surface area contributed by atoms with Gasteiger partial charge in [-0.25, -0.2) is 12.8 Å². The number of anilines is 2. The van der Waals surface area contributed by atoms with Crippen LogP contribution in [-0.4, -0.2) is 26.0 Å². The van der Waals surface area contributed by atoms with E-state index in [1.165, 1.54) is 36.4 Å². The van der Waals surface area contributed by atoms with Gasteiger partial charge in [0.25, 0.3) is 11.8 Å². The first kappa shape index (κ1) is 22.2. The van der Waals surface area contributed by atoms with E-state index in [1.807, 2.05) is 0 Å². The summed E-state index contributed by atoms with van der Waals surface area (Å²) in [4.78, 5) is 25.2. The summed E-state index contributed by atoms with van der Waals surface area (Å²) in [5.41, 5.74) is 0.897. The van der Waals surface area contributed by atoms with Crippen molar-refractivity contribution in [1.82, 2.24) is 0 Å². The van der Waals surface area contributed by atoms with E-state index in [1.54, 1.807) is 43.3 Å². The Morgan fingerprint density at radius 2 is 1.48 bits per heavy atom. The standard InChI is InChI=1S/C23H21FN2O4S/c1-2-13-31(29,30)21-12-4-3-11-20(21)23(28)26-18-9-5-7-16(14-18)22(27)25-19-10-6-8-17(24)15-19/h3-12,14-15H,2,13H2,1H3,(H,25,27)(H,26,28). The SMILES string of the molecule is CCCS(=O)(=O)c1ccccc1C(=O)Nc1cccc(C(=O)Nc2cccc(F)c2)c1. The second kappa shape index (κ2) is 9.53. The number of benzene rings is 3. The zero-order valence-corrected chi connectivity index (χ0v) is 17.6. The number of sulfone groups is 1. The molecule has 0 radical (unpaired) electrons. The van der Waals surface area contributed by atoms with Gasteiger partial charge in [0.05, 0.1) is 16.2 Å². The van der Waals surface area contributed by atoms with Gasteiger partial charge in [-0.3, -0.25) is 9.59 Å². The molecule has 3 aromatic carbocycles. The normalized spacial score (nSPS) is 11.0. The van der Waals surface area contributed by atoms with Crippen molar-refractivity contribution < 1.29 is 22.4 Å². The van der Waals surface area contributed by atoms with Gasteiger partial charge in [-0.05, 0) is 55.0 Å². The summed E-state index contributed by atoms with van der Waals surface area (Å²) in [6.07, 6.45) is 0.431. The van der Waals surface area contributed by atoms with Gasteiger partial charge in [0.1, 0.15) is 5.82 Å². The van der Waals surface area contributed by atoms with Crippen LogP contribution in [0.1, 0.15) is 34.1 Å². The molecule has 0 heterocycles. The quantitative estimate of drug-likeness (QED) is 0.565. The molecular weight excluding hydrogens is 419 g/mol. The maximum absolute atomic E-state index is 13.3. The molecule has 8 heteroatoms. The average Bonchev–Trinajstić information content (AvgIpc) is 2.74. The van der Waals surface area contributed by atoms with Crippen LogP contribution in [0, 0.1) is 5.82 Å². The van der Waals surface area contributed by atoms with E-state index >= 15 is 0 Å². The van der Waals surface area contributed by atoms with Crippen LogP contribution in [0.4, 0.5) is 15.8 Å². The fourth-order valence-electron chi connectivity index (χ4n) is 3.01. The first-order chi connectivity index (χ1) is 14.8. The predicted molar refractivity (Wildman–Crippen MR) is 118 cm³/mol. The lowest BCUT2D eigenvalue weighted by molar-refractivity contribution is 0.101. The maximum atomic E-state index is 13.3. The Bertz CT molecular complexity index is 1230. The Morgan fingerprint density at radius 1 is 0.839 bits per heavy atom. The van der Waals surface area contributed by atoms with Gasteiger partial charge in [0, 0.05) is 16.9 Å². The summed E-state index contributed by atoms with van der Waals surface area (Å²) in [5, 5.41) is 5.22. The van der Waals surface area contributed by atoms with Crippen molar-refractivity contribution in [2.24, 2.45) is 0 Å². The number of hydrogen-bond acceptors (Lipinski definition) is 4. The van der Waals surface area contributed by atoms with E-state index in [4.69, 9.17) is 0 Å². The topological polar surface area (TPSA) is 92.3 Å². The summed E-state index contributed by atoms with van der Waals surface area (Å²) in [7, 11) is -3.59. The van der Waals surface area contributed by atoms with Crippen molar-refractivity contribution in [2.75, 3.05) is 16.4 Å². The third-order valence-electron chi connectivity index (χ3n) is 4.40. The molecule has 0 aliphatic rings. The number of carbonyl (C=O) groups is 2. The molecule has 0 saturated heterocycles. The zero-order valence-electron chi connectivity index (χ0n) is 16.8. The van der Waals surface area contributed by atoms with Crippen molar-refractivity contribution >= 4 is 33.0 Å².